The first-order chi connectivity index (χ1) is 9.11. The summed E-state index contributed by atoms with van der Waals surface area (Å²) in [5.41, 5.74) is 0.443. The molecule has 1 saturated carbocycles. The highest BCUT2D eigenvalue weighted by Crippen LogP contribution is 2.28. The van der Waals surface area contributed by atoms with E-state index in [1.54, 1.807) is 4.90 Å². The summed E-state index contributed by atoms with van der Waals surface area (Å²) in [6.45, 7) is 0.341. The fourth-order valence-corrected chi connectivity index (χ4v) is 1.91. The minimum atomic E-state index is -0.371. The number of methoxy groups -OCH3 is 1. The van der Waals surface area contributed by atoms with Gasteiger partial charge in [-0.05, 0) is 37.1 Å². The maximum absolute atomic E-state index is 12.8. The number of benzene rings is 1. The number of hydrogen-bond donors (Lipinski definition) is 0. The Balaban J connectivity index is 2.04. The Morgan fingerprint density at radius 1 is 1.32 bits per heavy atom. The van der Waals surface area contributed by atoms with E-state index >= 15 is 0 Å². The summed E-state index contributed by atoms with van der Waals surface area (Å²) >= 11 is 0. The van der Waals surface area contributed by atoms with E-state index in [2.05, 4.69) is 4.74 Å². The Hall–Kier alpha value is -1.91. The topological polar surface area (TPSA) is 46.6 Å². The summed E-state index contributed by atoms with van der Waals surface area (Å²) < 4.78 is 17.4. The molecule has 19 heavy (non-hydrogen) atoms. The zero-order chi connectivity index (χ0) is 13.8. The number of carbonyl (C=O) groups excluding carboxylic acids is 2. The molecule has 1 amide bonds. The highest BCUT2D eigenvalue weighted by Gasteiger charge is 2.33. The zero-order valence-corrected chi connectivity index (χ0v) is 10.8. The third kappa shape index (κ3) is 3.53. The van der Waals surface area contributed by atoms with E-state index < -0.39 is 0 Å². The molecule has 1 fully saturated rings. The van der Waals surface area contributed by atoms with Gasteiger partial charge in [-0.25, -0.2) is 4.39 Å². The molecule has 0 bridgehead atoms. The van der Waals surface area contributed by atoms with E-state index in [0.29, 0.717) is 12.1 Å². The quantitative estimate of drug-likeness (QED) is 0.765. The standard InChI is InChI=1S/C14H16FNO3/c1-19-13(17)8-9-16(12-6-7-12)14(18)10-2-4-11(15)5-3-10/h2-5,12H,6-9H2,1H3. The minimum absolute atomic E-state index is 0.161. The van der Waals surface area contributed by atoms with Crippen LogP contribution in [0.3, 0.4) is 0 Å². The molecule has 2 rings (SSSR count). The number of esters is 1. The van der Waals surface area contributed by atoms with Crippen molar-refractivity contribution in [3.8, 4) is 0 Å². The molecule has 0 unspecified atom stereocenters. The first-order valence-electron chi connectivity index (χ1n) is 6.25. The van der Waals surface area contributed by atoms with Crippen molar-refractivity contribution in [1.29, 1.82) is 0 Å². The van der Waals surface area contributed by atoms with Crippen molar-refractivity contribution in [3.05, 3.63) is 35.6 Å². The van der Waals surface area contributed by atoms with E-state index in [0.717, 1.165) is 12.8 Å². The van der Waals surface area contributed by atoms with E-state index in [1.165, 1.54) is 31.4 Å². The summed E-state index contributed by atoms with van der Waals surface area (Å²) in [6.07, 6.45) is 2.09. The van der Waals surface area contributed by atoms with Gasteiger partial charge in [0.2, 0.25) is 0 Å². The molecule has 102 valence electrons. The van der Waals surface area contributed by atoms with Gasteiger partial charge in [-0.1, -0.05) is 0 Å². The van der Waals surface area contributed by atoms with Crippen LogP contribution in [-0.4, -0.2) is 36.5 Å². The van der Waals surface area contributed by atoms with Gasteiger partial charge in [0.1, 0.15) is 5.82 Å². The van der Waals surface area contributed by atoms with E-state index in [1.807, 2.05) is 0 Å². The van der Waals surface area contributed by atoms with Gasteiger partial charge in [-0.15, -0.1) is 0 Å². The number of nitrogens with zero attached hydrogens (tertiary/aromatic N) is 1. The molecule has 0 atom stereocenters. The van der Waals surface area contributed by atoms with Crippen molar-refractivity contribution in [2.45, 2.75) is 25.3 Å². The van der Waals surface area contributed by atoms with Crippen LogP contribution in [0.2, 0.25) is 0 Å². The average molecular weight is 265 g/mol. The fourth-order valence-electron chi connectivity index (χ4n) is 1.91. The maximum Gasteiger partial charge on any atom is 0.307 e. The van der Waals surface area contributed by atoms with Crippen molar-refractivity contribution in [2.24, 2.45) is 0 Å². The Morgan fingerprint density at radius 3 is 2.47 bits per heavy atom. The second-order valence-electron chi connectivity index (χ2n) is 4.56. The smallest absolute Gasteiger partial charge is 0.307 e. The van der Waals surface area contributed by atoms with Crippen LogP contribution in [0.5, 0.6) is 0 Å². The van der Waals surface area contributed by atoms with E-state index in [4.69, 9.17) is 0 Å². The van der Waals surface area contributed by atoms with Crippen molar-refractivity contribution < 1.29 is 18.7 Å². The number of amides is 1. The summed E-state index contributed by atoms with van der Waals surface area (Å²) in [6, 6.07) is 5.65. The molecule has 0 aromatic heterocycles. The van der Waals surface area contributed by atoms with Gasteiger partial charge < -0.3 is 9.64 Å². The second-order valence-corrected chi connectivity index (χ2v) is 4.56. The lowest BCUT2D eigenvalue weighted by Gasteiger charge is -2.22. The molecule has 1 aliphatic rings. The van der Waals surface area contributed by atoms with Gasteiger partial charge in [0.25, 0.3) is 5.91 Å². The Kier molecular flexibility index (Phi) is 4.14. The molecule has 4 nitrogen and oxygen atoms in total. The fraction of sp³-hybridized carbons (Fsp3) is 0.429. The molecule has 0 spiro atoms. The lowest BCUT2D eigenvalue weighted by molar-refractivity contribution is -0.140. The van der Waals surface area contributed by atoms with Crippen molar-refractivity contribution in [2.75, 3.05) is 13.7 Å². The van der Waals surface area contributed by atoms with Gasteiger partial charge in [0.15, 0.2) is 0 Å². The Labute approximate surface area is 111 Å². The highest BCUT2D eigenvalue weighted by atomic mass is 19.1. The van der Waals surface area contributed by atoms with Gasteiger partial charge >= 0.3 is 5.97 Å². The number of carbonyl (C=O) groups is 2. The Morgan fingerprint density at radius 2 is 1.95 bits per heavy atom. The van der Waals surface area contributed by atoms with Gasteiger partial charge in [0.05, 0.1) is 13.5 Å². The molecule has 1 aliphatic carbocycles. The third-order valence-electron chi connectivity index (χ3n) is 3.12. The number of ether oxygens (including phenoxy) is 1. The first-order valence-corrected chi connectivity index (χ1v) is 6.25. The van der Waals surface area contributed by atoms with Gasteiger partial charge in [-0.3, -0.25) is 9.59 Å². The molecule has 0 heterocycles. The summed E-state index contributed by atoms with van der Waals surface area (Å²) in [5.74, 6) is -0.868. The van der Waals surface area contributed by atoms with Crippen LogP contribution in [0.25, 0.3) is 0 Å². The molecule has 5 heteroatoms. The van der Waals surface area contributed by atoms with Crippen LogP contribution in [0.1, 0.15) is 29.6 Å². The molecule has 0 saturated heterocycles. The van der Waals surface area contributed by atoms with Gasteiger partial charge in [-0.2, -0.15) is 0 Å². The number of hydrogen-bond acceptors (Lipinski definition) is 3. The maximum atomic E-state index is 12.8. The van der Waals surface area contributed by atoms with Crippen LogP contribution in [0.4, 0.5) is 4.39 Å². The van der Waals surface area contributed by atoms with Crippen molar-refractivity contribution in [1.82, 2.24) is 4.90 Å². The van der Waals surface area contributed by atoms with Crippen LogP contribution in [0.15, 0.2) is 24.3 Å². The summed E-state index contributed by atoms with van der Waals surface area (Å²) in [4.78, 5) is 25.1. The zero-order valence-electron chi connectivity index (χ0n) is 10.8. The van der Waals surface area contributed by atoms with E-state index in [-0.39, 0.29) is 30.2 Å². The minimum Gasteiger partial charge on any atom is -0.469 e. The Bertz CT molecular complexity index is 468. The van der Waals surface area contributed by atoms with Gasteiger partial charge in [0, 0.05) is 18.2 Å². The monoisotopic (exact) mass is 265 g/mol. The summed E-state index contributed by atoms with van der Waals surface area (Å²) in [7, 11) is 1.32. The second kappa shape index (κ2) is 5.82. The third-order valence-corrected chi connectivity index (χ3v) is 3.12. The normalized spacial score (nSPS) is 14.0. The average Bonchev–Trinajstić information content (AvgIpc) is 3.24. The van der Waals surface area contributed by atoms with Crippen LogP contribution in [0, 0.1) is 5.82 Å². The molecular weight excluding hydrogens is 249 g/mol. The lowest BCUT2D eigenvalue weighted by Crippen LogP contribution is -2.35. The molecule has 1 aromatic carbocycles. The molecule has 1 aromatic rings. The van der Waals surface area contributed by atoms with Crippen LogP contribution in [-0.2, 0) is 9.53 Å². The summed E-state index contributed by atoms with van der Waals surface area (Å²) in [5, 5.41) is 0. The molecule has 0 radical (unpaired) electrons. The number of rotatable bonds is 5. The first kappa shape index (κ1) is 13.5. The highest BCUT2D eigenvalue weighted by molar-refractivity contribution is 5.94. The number of halogens is 1. The van der Waals surface area contributed by atoms with Crippen LogP contribution >= 0.6 is 0 Å². The predicted octanol–water partition coefficient (Wildman–Crippen LogP) is 1.99. The molecule has 0 aliphatic heterocycles. The van der Waals surface area contributed by atoms with Crippen molar-refractivity contribution in [3.63, 3.8) is 0 Å². The lowest BCUT2D eigenvalue weighted by atomic mass is 10.2. The van der Waals surface area contributed by atoms with E-state index in [9.17, 15) is 14.0 Å². The molecule has 0 N–H and O–H groups in total. The SMILES string of the molecule is COC(=O)CCN(C(=O)c1ccc(F)cc1)C1CC1. The predicted molar refractivity (Wildman–Crippen MR) is 67.1 cm³/mol. The largest absolute Gasteiger partial charge is 0.469 e. The molecular formula is C14H16FNO3. The van der Waals surface area contributed by atoms with Crippen LogP contribution < -0.4 is 0 Å². The van der Waals surface area contributed by atoms with Crippen molar-refractivity contribution >= 4 is 11.9 Å².